The summed E-state index contributed by atoms with van der Waals surface area (Å²) in [6, 6.07) is 0. The number of hydrogen-bond acceptors (Lipinski definition) is 4. The minimum Gasteiger partial charge on any atom is -0.279 e. The van der Waals surface area contributed by atoms with Gasteiger partial charge in [0.05, 0.1) is 0 Å². The largest absolute Gasteiger partial charge is 0.284 e. The number of β-lactam (4-membered cyclic amide) rings is 4. The van der Waals surface area contributed by atoms with Crippen molar-refractivity contribution in [3.8, 4) is 0 Å². The van der Waals surface area contributed by atoms with E-state index in [-0.39, 0.29) is 13.1 Å². The average molecular weight is 238 g/mol. The molecule has 0 bridgehead atoms. The van der Waals surface area contributed by atoms with E-state index in [1.807, 2.05) is 13.8 Å². The van der Waals surface area contributed by atoms with E-state index in [0.29, 0.717) is 12.8 Å². The molecule has 0 radical (unpaired) electrons. The lowest BCUT2D eigenvalue weighted by Gasteiger charge is -2.52. The summed E-state index contributed by atoms with van der Waals surface area (Å²) in [5.41, 5.74) is -1.98. The van der Waals surface area contributed by atoms with Gasteiger partial charge in [0.25, 0.3) is 29.0 Å². The van der Waals surface area contributed by atoms with Crippen LogP contribution in [-0.4, -0.2) is 46.5 Å². The quantitative estimate of drug-likeness (QED) is 0.490. The van der Waals surface area contributed by atoms with Crippen LogP contribution in [0.15, 0.2) is 0 Å². The molecule has 0 saturated carbocycles. The third kappa shape index (κ3) is 1.10. The summed E-state index contributed by atoms with van der Waals surface area (Å²) in [6.45, 7) is 4.18. The lowest BCUT2D eigenvalue weighted by Crippen LogP contribution is -2.84. The molecule has 17 heavy (non-hydrogen) atoms. The van der Waals surface area contributed by atoms with Crippen molar-refractivity contribution in [3.63, 3.8) is 0 Å². The van der Waals surface area contributed by atoms with E-state index in [1.165, 1.54) is 0 Å². The van der Waals surface area contributed by atoms with Crippen molar-refractivity contribution in [1.29, 1.82) is 0 Å². The van der Waals surface area contributed by atoms with Gasteiger partial charge < -0.3 is 0 Å². The highest BCUT2D eigenvalue weighted by atomic mass is 16.2. The van der Waals surface area contributed by atoms with Gasteiger partial charge in [-0.25, -0.2) is 0 Å². The van der Waals surface area contributed by atoms with E-state index in [0.717, 1.165) is 9.80 Å². The second-order valence-electron chi connectivity index (χ2n) is 4.27. The molecule has 6 heteroatoms. The molecule has 92 valence electrons. The Balaban J connectivity index is 2.20. The summed E-state index contributed by atoms with van der Waals surface area (Å²) < 4.78 is 0. The van der Waals surface area contributed by atoms with Crippen LogP contribution in [0, 0.1) is 5.41 Å². The predicted octanol–water partition coefficient (Wildman–Crippen LogP) is -0.470. The lowest BCUT2D eigenvalue weighted by atomic mass is 9.68. The first-order valence-electron chi connectivity index (χ1n) is 5.76. The fourth-order valence-electron chi connectivity index (χ4n) is 2.29. The van der Waals surface area contributed by atoms with E-state index < -0.39 is 29.0 Å². The fraction of sp³-hybridized carbons (Fsp3) is 0.636. The van der Waals surface area contributed by atoms with E-state index >= 15 is 0 Å². The topological polar surface area (TPSA) is 74.8 Å². The summed E-state index contributed by atoms with van der Waals surface area (Å²) in [6.07, 6.45) is 1.24. The van der Waals surface area contributed by atoms with Crippen LogP contribution in [0.3, 0.4) is 0 Å². The molecule has 2 rings (SSSR count). The van der Waals surface area contributed by atoms with Crippen LogP contribution in [0.1, 0.15) is 26.7 Å². The van der Waals surface area contributed by atoms with Crippen LogP contribution in [0.2, 0.25) is 0 Å². The maximum atomic E-state index is 11.8. The first-order chi connectivity index (χ1) is 8.03. The minimum atomic E-state index is -1.98. The second kappa shape index (κ2) is 3.65. The molecule has 0 aromatic carbocycles. The molecule has 1 spiro atoms. The van der Waals surface area contributed by atoms with Crippen molar-refractivity contribution < 1.29 is 19.2 Å². The first kappa shape index (κ1) is 11.8. The Labute approximate surface area is 98.5 Å². The Kier molecular flexibility index (Phi) is 2.52. The Morgan fingerprint density at radius 2 is 1.06 bits per heavy atom. The van der Waals surface area contributed by atoms with Crippen LogP contribution in [0.4, 0.5) is 0 Å². The minimum absolute atomic E-state index is 0.272. The molecule has 0 atom stereocenters. The van der Waals surface area contributed by atoms with Gasteiger partial charge in [0, 0.05) is 13.1 Å². The summed E-state index contributed by atoms with van der Waals surface area (Å²) in [4.78, 5) is 49.1. The number of rotatable bonds is 4. The Morgan fingerprint density at radius 3 is 1.29 bits per heavy atom. The number of amides is 4. The van der Waals surface area contributed by atoms with Crippen molar-refractivity contribution in [3.05, 3.63) is 0 Å². The van der Waals surface area contributed by atoms with Gasteiger partial charge in [-0.15, -0.1) is 0 Å². The van der Waals surface area contributed by atoms with Gasteiger partial charge in [-0.05, 0) is 12.8 Å². The van der Waals surface area contributed by atoms with Crippen LogP contribution < -0.4 is 0 Å². The maximum absolute atomic E-state index is 11.8. The standard InChI is InChI=1S/C11H14N2O4/c1-3-5-12-7(14)11(8(12)15)9(16)13(6-4-2)10(11)17/h3-6H2,1-2H3. The fourth-order valence-corrected chi connectivity index (χ4v) is 2.29. The highest BCUT2D eigenvalue weighted by molar-refractivity contribution is 6.52. The third-order valence-electron chi connectivity index (χ3n) is 3.16. The molecule has 0 aromatic rings. The molecule has 2 aliphatic rings. The number of hydrogen-bond donors (Lipinski definition) is 0. The average Bonchev–Trinajstić information content (AvgIpc) is 2.33. The highest BCUT2D eigenvalue weighted by Crippen LogP contribution is 2.44. The molecule has 2 heterocycles. The van der Waals surface area contributed by atoms with Gasteiger partial charge in [0.1, 0.15) is 0 Å². The van der Waals surface area contributed by atoms with E-state index in [9.17, 15) is 19.2 Å². The smallest absolute Gasteiger partial charge is 0.279 e. The third-order valence-corrected chi connectivity index (χ3v) is 3.16. The molecular formula is C11H14N2O4. The highest BCUT2D eigenvalue weighted by Gasteiger charge is 2.79. The molecule has 4 amide bonds. The first-order valence-corrected chi connectivity index (χ1v) is 5.76. The Hall–Kier alpha value is -1.72. The van der Waals surface area contributed by atoms with Gasteiger partial charge >= 0.3 is 0 Å². The normalized spacial score (nSPS) is 22.0. The van der Waals surface area contributed by atoms with Crippen molar-refractivity contribution in [2.24, 2.45) is 5.41 Å². The number of likely N-dealkylation sites (tertiary alicyclic amines) is 2. The number of nitrogens with zero attached hydrogens (tertiary/aromatic N) is 2. The molecule has 0 aromatic heterocycles. The van der Waals surface area contributed by atoms with Crippen molar-refractivity contribution >= 4 is 23.6 Å². The van der Waals surface area contributed by atoms with Gasteiger partial charge in [0.2, 0.25) is 0 Å². The van der Waals surface area contributed by atoms with Crippen molar-refractivity contribution in [2.75, 3.05) is 13.1 Å². The maximum Gasteiger partial charge on any atom is 0.284 e. The number of carbonyl (C=O) groups is 4. The SMILES string of the molecule is CCCN1C(=O)C2(C1=O)C(=O)N(CCC)C2=O. The van der Waals surface area contributed by atoms with Crippen LogP contribution >= 0.6 is 0 Å². The summed E-state index contributed by atoms with van der Waals surface area (Å²) in [7, 11) is 0. The number of imide groups is 2. The molecule has 0 N–H and O–H groups in total. The monoisotopic (exact) mass is 238 g/mol. The molecule has 0 aliphatic carbocycles. The zero-order valence-corrected chi connectivity index (χ0v) is 9.86. The second-order valence-corrected chi connectivity index (χ2v) is 4.27. The zero-order chi connectivity index (χ0) is 12.8. The summed E-state index contributed by atoms with van der Waals surface area (Å²) >= 11 is 0. The molecular weight excluding hydrogens is 224 g/mol. The Morgan fingerprint density at radius 1 is 0.765 bits per heavy atom. The summed E-state index contributed by atoms with van der Waals surface area (Å²) in [5, 5.41) is 0. The molecule has 0 unspecified atom stereocenters. The molecule has 2 saturated heterocycles. The zero-order valence-electron chi connectivity index (χ0n) is 9.86. The van der Waals surface area contributed by atoms with Gasteiger partial charge in [-0.2, -0.15) is 0 Å². The van der Waals surface area contributed by atoms with E-state index in [2.05, 4.69) is 0 Å². The van der Waals surface area contributed by atoms with Crippen LogP contribution in [-0.2, 0) is 19.2 Å². The van der Waals surface area contributed by atoms with Crippen LogP contribution in [0.25, 0.3) is 0 Å². The van der Waals surface area contributed by atoms with Gasteiger partial charge in [0.15, 0.2) is 0 Å². The lowest BCUT2D eigenvalue weighted by molar-refractivity contribution is -0.199. The number of carbonyl (C=O) groups excluding carboxylic acids is 4. The summed E-state index contributed by atoms with van der Waals surface area (Å²) in [5.74, 6) is -2.59. The van der Waals surface area contributed by atoms with E-state index in [1.54, 1.807) is 0 Å². The molecule has 2 aliphatic heterocycles. The van der Waals surface area contributed by atoms with Crippen molar-refractivity contribution in [2.45, 2.75) is 26.7 Å². The Bertz CT molecular complexity index is 354. The van der Waals surface area contributed by atoms with Crippen molar-refractivity contribution in [1.82, 2.24) is 9.80 Å². The van der Waals surface area contributed by atoms with Crippen LogP contribution in [0.5, 0.6) is 0 Å². The van der Waals surface area contributed by atoms with Gasteiger partial charge in [-0.1, -0.05) is 13.8 Å². The van der Waals surface area contributed by atoms with Gasteiger partial charge in [-0.3, -0.25) is 29.0 Å². The molecule has 6 nitrogen and oxygen atoms in total. The molecule has 2 fully saturated rings. The van der Waals surface area contributed by atoms with E-state index in [4.69, 9.17) is 0 Å². The predicted molar refractivity (Wildman–Crippen MR) is 56.5 cm³/mol.